The van der Waals surface area contributed by atoms with Crippen molar-refractivity contribution in [2.24, 2.45) is 5.92 Å². The van der Waals surface area contributed by atoms with Crippen LogP contribution in [0.25, 0.3) is 0 Å². The molecule has 0 bridgehead atoms. The maximum Gasteiger partial charge on any atom is 0.306 e. The minimum absolute atomic E-state index is 0.228. The molecule has 0 aromatic carbocycles. The second-order valence-electron chi connectivity index (χ2n) is 4.98. The molecule has 1 aromatic heterocycles. The Morgan fingerprint density at radius 1 is 1.53 bits per heavy atom. The summed E-state index contributed by atoms with van der Waals surface area (Å²) >= 11 is 0. The highest BCUT2D eigenvalue weighted by Gasteiger charge is 2.29. The predicted octanol–water partition coefficient (Wildman–Crippen LogP) is 0.607. The van der Waals surface area contributed by atoms with Crippen LogP contribution in [0, 0.1) is 5.92 Å². The maximum absolute atomic E-state index is 11.0. The summed E-state index contributed by atoms with van der Waals surface area (Å²) in [6, 6.07) is 0. The molecule has 3 rings (SSSR count). The van der Waals surface area contributed by atoms with E-state index < -0.39 is 5.97 Å². The Labute approximate surface area is 99.8 Å². The first-order chi connectivity index (χ1) is 8.25. The fourth-order valence-corrected chi connectivity index (χ4v) is 2.90. The van der Waals surface area contributed by atoms with Crippen molar-refractivity contribution < 1.29 is 9.90 Å². The lowest BCUT2D eigenvalue weighted by atomic mass is 9.96. The molecule has 17 heavy (non-hydrogen) atoms. The van der Waals surface area contributed by atoms with E-state index >= 15 is 0 Å². The molecule has 0 spiro atoms. The summed E-state index contributed by atoms with van der Waals surface area (Å²) in [7, 11) is 0. The third-order valence-corrected chi connectivity index (χ3v) is 3.90. The lowest BCUT2D eigenvalue weighted by Crippen LogP contribution is -2.26. The Morgan fingerprint density at radius 3 is 3.12 bits per heavy atom. The molecule has 2 N–H and O–H groups in total. The third kappa shape index (κ3) is 1.84. The highest BCUT2D eigenvalue weighted by Crippen LogP contribution is 2.28. The van der Waals surface area contributed by atoms with Gasteiger partial charge in [0, 0.05) is 37.3 Å². The van der Waals surface area contributed by atoms with E-state index in [-0.39, 0.29) is 5.92 Å². The molecule has 2 unspecified atom stereocenters. The van der Waals surface area contributed by atoms with E-state index in [9.17, 15) is 4.79 Å². The van der Waals surface area contributed by atoms with Crippen LogP contribution in [0.2, 0.25) is 0 Å². The van der Waals surface area contributed by atoms with Gasteiger partial charge in [0.05, 0.1) is 5.92 Å². The summed E-state index contributed by atoms with van der Waals surface area (Å²) in [4.78, 5) is 15.5. The lowest BCUT2D eigenvalue weighted by molar-refractivity contribution is -0.142. The standard InChI is InChI=1S/C12H17N3O2/c16-12(17)8-2-4-15-10(5-8)7-14-11(15)9-1-3-13-6-9/h7-9,13H,1-6H2,(H,16,17). The summed E-state index contributed by atoms with van der Waals surface area (Å²) < 4.78 is 2.23. The van der Waals surface area contributed by atoms with Gasteiger partial charge in [-0.05, 0) is 19.4 Å². The van der Waals surface area contributed by atoms with Crippen molar-refractivity contribution in [1.82, 2.24) is 14.9 Å². The molecule has 0 aliphatic carbocycles. The number of carbonyl (C=O) groups is 1. The van der Waals surface area contributed by atoms with Crippen LogP contribution in [0.5, 0.6) is 0 Å². The van der Waals surface area contributed by atoms with Gasteiger partial charge in [0.2, 0.25) is 0 Å². The van der Waals surface area contributed by atoms with Crippen molar-refractivity contribution in [3.05, 3.63) is 17.7 Å². The molecule has 1 aromatic rings. The maximum atomic E-state index is 11.0. The van der Waals surface area contributed by atoms with E-state index in [1.807, 2.05) is 6.20 Å². The third-order valence-electron chi connectivity index (χ3n) is 3.90. The predicted molar refractivity (Wildman–Crippen MR) is 61.9 cm³/mol. The van der Waals surface area contributed by atoms with E-state index in [0.29, 0.717) is 12.3 Å². The van der Waals surface area contributed by atoms with Crippen LogP contribution in [0.1, 0.15) is 30.3 Å². The number of fused-ring (bicyclic) bond motifs is 1. The van der Waals surface area contributed by atoms with Crippen LogP contribution < -0.4 is 5.32 Å². The zero-order valence-electron chi connectivity index (χ0n) is 9.72. The summed E-state index contributed by atoms with van der Waals surface area (Å²) in [6.45, 7) is 2.86. The largest absolute Gasteiger partial charge is 0.481 e. The molecule has 0 amide bonds. The van der Waals surface area contributed by atoms with Crippen molar-refractivity contribution in [2.45, 2.75) is 31.7 Å². The van der Waals surface area contributed by atoms with Gasteiger partial charge < -0.3 is 15.0 Å². The average Bonchev–Trinajstić information content (AvgIpc) is 2.96. The van der Waals surface area contributed by atoms with E-state index in [2.05, 4.69) is 14.9 Å². The van der Waals surface area contributed by atoms with Crippen LogP contribution in [-0.2, 0) is 17.8 Å². The fourth-order valence-electron chi connectivity index (χ4n) is 2.90. The SMILES string of the molecule is O=C(O)C1CCn2c(cnc2C2CCNC2)C1. The molecule has 5 nitrogen and oxygen atoms in total. The summed E-state index contributed by atoms with van der Waals surface area (Å²) in [5.74, 6) is 0.745. The number of nitrogens with one attached hydrogen (secondary N) is 1. The molecule has 1 saturated heterocycles. The smallest absolute Gasteiger partial charge is 0.306 e. The molecule has 0 saturated carbocycles. The molecule has 2 aliphatic heterocycles. The Kier molecular flexibility index (Phi) is 2.63. The van der Waals surface area contributed by atoms with Crippen LogP contribution in [0.15, 0.2) is 6.20 Å². The van der Waals surface area contributed by atoms with Gasteiger partial charge in [-0.3, -0.25) is 4.79 Å². The number of hydrogen-bond acceptors (Lipinski definition) is 3. The van der Waals surface area contributed by atoms with Gasteiger partial charge in [0.1, 0.15) is 5.82 Å². The molecule has 5 heteroatoms. The quantitative estimate of drug-likeness (QED) is 0.788. The van der Waals surface area contributed by atoms with Crippen LogP contribution in [0.3, 0.4) is 0 Å². The van der Waals surface area contributed by atoms with Crippen molar-refractivity contribution in [3.63, 3.8) is 0 Å². The van der Waals surface area contributed by atoms with Crippen molar-refractivity contribution >= 4 is 5.97 Å². The summed E-state index contributed by atoms with van der Waals surface area (Å²) in [5.41, 5.74) is 1.09. The first kappa shape index (κ1) is 10.8. The monoisotopic (exact) mass is 235 g/mol. The topological polar surface area (TPSA) is 67.1 Å². The number of rotatable bonds is 2. The highest BCUT2D eigenvalue weighted by atomic mass is 16.4. The highest BCUT2D eigenvalue weighted by molar-refractivity contribution is 5.70. The number of carboxylic acid groups (broad SMARTS) is 1. The number of imidazole rings is 1. The fraction of sp³-hybridized carbons (Fsp3) is 0.667. The normalized spacial score (nSPS) is 28.0. The lowest BCUT2D eigenvalue weighted by Gasteiger charge is -2.23. The molecular formula is C12H17N3O2. The molecule has 2 atom stereocenters. The van der Waals surface area contributed by atoms with E-state index in [0.717, 1.165) is 44.0 Å². The van der Waals surface area contributed by atoms with Gasteiger partial charge in [-0.15, -0.1) is 0 Å². The number of hydrogen-bond donors (Lipinski definition) is 2. The second kappa shape index (κ2) is 4.14. The van der Waals surface area contributed by atoms with Crippen molar-refractivity contribution in [1.29, 1.82) is 0 Å². The van der Waals surface area contributed by atoms with Gasteiger partial charge in [-0.1, -0.05) is 0 Å². The van der Waals surface area contributed by atoms with Gasteiger partial charge in [-0.25, -0.2) is 4.98 Å². The van der Waals surface area contributed by atoms with E-state index in [1.54, 1.807) is 0 Å². The van der Waals surface area contributed by atoms with E-state index in [1.165, 1.54) is 0 Å². The molecule has 92 valence electrons. The molecule has 3 heterocycles. The van der Waals surface area contributed by atoms with Gasteiger partial charge in [0.25, 0.3) is 0 Å². The first-order valence-corrected chi connectivity index (χ1v) is 6.23. The Balaban J connectivity index is 1.84. The molecule has 2 aliphatic rings. The number of carboxylic acids is 1. The molecular weight excluding hydrogens is 218 g/mol. The van der Waals surface area contributed by atoms with Crippen LogP contribution in [0.4, 0.5) is 0 Å². The van der Waals surface area contributed by atoms with Crippen LogP contribution >= 0.6 is 0 Å². The number of aromatic nitrogens is 2. The van der Waals surface area contributed by atoms with Crippen molar-refractivity contribution in [2.75, 3.05) is 13.1 Å². The zero-order chi connectivity index (χ0) is 11.8. The minimum atomic E-state index is -0.679. The van der Waals surface area contributed by atoms with E-state index in [4.69, 9.17) is 5.11 Å². The zero-order valence-corrected chi connectivity index (χ0v) is 9.72. The Bertz CT molecular complexity index is 435. The number of nitrogens with zero attached hydrogens (tertiary/aromatic N) is 2. The number of aliphatic carboxylic acids is 1. The van der Waals surface area contributed by atoms with Gasteiger partial charge in [-0.2, -0.15) is 0 Å². The van der Waals surface area contributed by atoms with Gasteiger partial charge in [0.15, 0.2) is 0 Å². The molecule has 0 radical (unpaired) electrons. The van der Waals surface area contributed by atoms with Crippen molar-refractivity contribution in [3.8, 4) is 0 Å². The second-order valence-corrected chi connectivity index (χ2v) is 4.98. The molecule has 1 fully saturated rings. The minimum Gasteiger partial charge on any atom is -0.481 e. The first-order valence-electron chi connectivity index (χ1n) is 6.23. The Morgan fingerprint density at radius 2 is 2.41 bits per heavy atom. The van der Waals surface area contributed by atoms with Crippen LogP contribution in [-0.4, -0.2) is 33.7 Å². The summed E-state index contributed by atoms with van der Waals surface area (Å²) in [6.07, 6.45) is 4.36. The average molecular weight is 235 g/mol. The van der Waals surface area contributed by atoms with Gasteiger partial charge >= 0.3 is 5.97 Å². The summed E-state index contributed by atoms with van der Waals surface area (Å²) in [5, 5.41) is 12.4. The Hall–Kier alpha value is -1.36.